The van der Waals surface area contributed by atoms with Crippen LogP contribution in [0.5, 0.6) is 0 Å². The second kappa shape index (κ2) is 10.5. The van der Waals surface area contributed by atoms with Crippen molar-refractivity contribution in [2.45, 2.75) is 43.0 Å². The average molecular weight is 442 g/mol. The number of alkyl halides is 14. The summed E-state index contributed by atoms with van der Waals surface area (Å²) in [5.74, 6) is -12.0. The van der Waals surface area contributed by atoms with Crippen molar-refractivity contribution in [3.05, 3.63) is 0 Å². The van der Waals surface area contributed by atoms with Crippen LogP contribution in [0.1, 0.15) is 0 Å². The highest BCUT2D eigenvalue weighted by molar-refractivity contribution is 4.94. The molecule has 16 heteroatoms. The van der Waals surface area contributed by atoms with E-state index in [9.17, 15) is 61.5 Å². The van der Waals surface area contributed by atoms with Crippen LogP contribution in [-0.2, 0) is 9.47 Å². The number of halogens is 14. The van der Waals surface area contributed by atoms with Crippen molar-refractivity contribution in [2.75, 3.05) is 26.9 Å². The van der Waals surface area contributed by atoms with Crippen molar-refractivity contribution in [1.82, 2.24) is 0 Å². The zero-order valence-electron chi connectivity index (χ0n) is 13.0. The van der Waals surface area contributed by atoms with Gasteiger partial charge in [-0.25, -0.2) is 17.6 Å². The van der Waals surface area contributed by atoms with Gasteiger partial charge in [0.25, 0.3) is 12.6 Å². The minimum absolute atomic E-state index is 0.530. The summed E-state index contributed by atoms with van der Waals surface area (Å²) in [5, 5.41) is 0. The molecule has 0 saturated heterocycles. The molecule has 0 rings (SSSR count). The van der Waals surface area contributed by atoms with Gasteiger partial charge in [0, 0.05) is 7.11 Å². The van der Waals surface area contributed by atoms with Gasteiger partial charge in [-0.3, -0.25) is 0 Å². The van der Waals surface area contributed by atoms with Crippen LogP contribution >= 0.6 is 0 Å². The number of ether oxygens (including phenoxy) is 2. The highest BCUT2D eigenvalue weighted by Gasteiger charge is 2.69. The summed E-state index contributed by atoms with van der Waals surface area (Å²) in [6, 6.07) is 0. The van der Waals surface area contributed by atoms with Gasteiger partial charge in [0.2, 0.25) is 0 Å². The van der Waals surface area contributed by atoms with E-state index in [1.165, 1.54) is 7.11 Å². The lowest BCUT2D eigenvalue weighted by Crippen LogP contribution is -2.55. The van der Waals surface area contributed by atoms with E-state index in [1.54, 1.807) is 0 Å². The predicted octanol–water partition coefficient (Wildman–Crippen LogP) is 4.97. The fourth-order valence-corrected chi connectivity index (χ4v) is 1.01. The van der Waals surface area contributed by atoms with Crippen LogP contribution in [0, 0.1) is 0 Å². The van der Waals surface area contributed by atoms with Gasteiger partial charge in [0.05, 0.1) is 6.61 Å². The maximum Gasteiger partial charge on any atom is 0.425 e. The third kappa shape index (κ3) is 10.8. The summed E-state index contributed by atoms with van der Waals surface area (Å²) in [6.45, 7) is -5.63. The Hall–Kier alpha value is -1.06. The van der Waals surface area contributed by atoms with Gasteiger partial charge in [0.15, 0.2) is 6.17 Å². The van der Waals surface area contributed by atoms with E-state index >= 15 is 0 Å². The fraction of sp³-hybridized carbons (Fsp3) is 1.00. The first-order chi connectivity index (χ1) is 11.8. The van der Waals surface area contributed by atoms with Gasteiger partial charge in [-0.2, -0.15) is 43.9 Å². The van der Waals surface area contributed by atoms with E-state index in [0.717, 1.165) is 0 Å². The van der Waals surface area contributed by atoms with Crippen LogP contribution in [0.15, 0.2) is 0 Å². The van der Waals surface area contributed by atoms with Crippen molar-refractivity contribution in [1.29, 1.82) is 0 Å². The predicted molar refractivity (Wildman–Crippen MR) is 60.5 cm³/mol. The largest absolute Gasteiger partial charge is 0.425 e. The van der Waals surface area contributed by atoms with Gasteiger partial charge in [-0.15, -0.1) is 0 Å². The summed E-state index contributed by atoms with van der Waals surface area (Å²) < 4.78 is 173. The summed E-state index contributed by atoms with van der Waals surface area (Å²) in [6.07, 6.45) is -21.7. The Morgan fingerprint density at radius 3 is 1.44 bits per heavy atom. The topological polar surface area (TPSA) is 18.5 Å². The molecule has 0 spiro atoms. The number of hydrogen-bond acceptors (Lipinski definition) is 2. The molecular weight excluding hydrogens is 430 g/mol. The van der Waals surface area contributed by atoms with Gasteiger partial charge >= 0.3 is 24.2 Å². The molecular formula is C11H12F14O2. The molecule has 0 aliphatic rings. The lowest BCUT2D eigenvalue weighted by Gasteiger charge is -2.29. The molecule has 0 aromatic heterocycles. The molecule has 0 amide bonds. The van der Waals surface area contributed by atoms with Crippen LogP contribution in [0.3, 0.4) is 0 Å². The minimum Gasteiger partial charge on any atom is -0.381 e. The smallest absolute Gasteiger partial charge is 0.381 e. The molecule has 166 valence electrons. The highest BCUT2D eigenvalue weighted by Crippen LogP contribution is 2.44. The molecule has 27 heavy (non-hydrogen) atoms. The van der Waals surface area contributed by atoms with E-state index < -0.39 is 62.8 Å². The number of methoxy groups -OCH3 is 1. The second-order valence-corrected chi connectivity index (χ2v) is 4.65. The van der Waals surface area contributed by atoms with E-state index in [-0.39, 0.29) is 0 Å². The molecule has 2 atom stereocenters. The fourth-order valence-electron chi connectivity index (χ4n) is 1.01. The maximum absolute atomic E-state index is 12.6. The summed E-state index contributed by atoms with van der Waals surface area (Å²) in [4.78, 5) is 0. The molecule has 0 heterocycles. The van der Waals surface area contributed by atoms with Gasteiger partial charge in [0.1, 0.15) is 13.2 Å². The molecule has 0 aromatic carbocycles. The van der Waals surface area contributed by atoms with E-state index in [1.807, 2.05) is 0 Å². The van der Waals surface area contributed by atoms with E-state index in [4.69, 9.17) is 0 Å². The van der Waals surface area contributed by atoms with Crippen molar-refractivity contribution in [3.8, 4) is 0 Å². The number of hydrogen-bond donors (Lipinski definition) is 0. The van der Waals surface area contributed by atoms with Crippen LogP contribution in [0.25, 0.3) is 0 Å². The molecule has 0 N–H and O–H groups in total. The first kappa shape index (κ1) is 28.2. The molecule has 0 aromatic rings. The minimum atomic E-state index is -6.29. The van der Waals surface area contributed by atoms with Crippen LogP contribution in [-0.4, -0.2) is 69.9 Å². The Labute approximate surface area is 142 Å². The van der Waals surface area contributed by atoms with Crippen molar-refractivity contribution < 1.29 is 70.9 Å². The zero-order chi connectivity index (χ0) is 22.3. The molecule has 2 unspecified atom stereocenters. The van der Waals surface area contributed by atoms with Crippen molar-refractivity contribution >= 4 is 0 Å². The van der Waals surface area contributed by atoms with Crippen LogP contribution in [0.2, 0.25) is 0 Å². The summed E-state index contributed by atoms with van der Waals surface area (Å²) in [7, 11) is 1.18. The van der Waals surface area contributed by atoms with Crippen LogP contribution < -0.4 is 0 Å². The Balaban J connectivity index is 0. The quantitative estimate of drug-likeness (QED) is 0.495. The van der Waals surface area contributed by atoms with Gasteiger partial charge < -0.3 is 9.47 Å². The lowest BCUT2D eigenvalue weighted by atomic mass is 10.1. The molecule has 0 fully saturated rings. The zero-order valence-corrected chi connectivity index (χ0v) is 13.0. The molecule has 0 aliphatic carbocycles. The monoisotopic (exact) mass is 442 g/mol. The Kier molecular flexibility index (Phi) is 10.9. The lowest BCUT2D eigenvalue weighted by molar-refractivity contribution is -0.318. The summed E-state index contributed by atoms with van der Waals surface area (Å²) >= 11 is 0. The Bertz CT molecular complexity index is 405. The number of rotatable bonds is 8. The molecule has 0 aliphatic heterocycles. The average Bonchev–Trinajstić information content (AvgIpc) is 2.44. The first-order valence-electron chi connectivity index (χ1n) is 6.31. The third-order valence-corrected chi connectivity index (χ3v) is 2.24. The molecule has 0 saturated carbocycles. The maximum atomic E-state index is 12.6. The molecule has 0 bridgehead atoms. The first-order valence-corrected chi connectivity index (χ1v) is 6.31. The van der Waals surface area contributed by atoms with Crippen LogP contribution in [0.4, 0.5) is 61.5 Å². The van der Waals surface area contributed by atoms with E-state index in [2.05, 4.69) is 9.47 Å². The Morgan fingerprint density at radius 1 is 0.741 bits per heavy atom. The van der Waals surface area contributed by atoms with Crippen molar-refractivity contribution in [3.63, 3.8) is 0 Å². The van der Waals surface area contributed by atoms with E-state index in [0.29, 0.717) is 0 Å². The van der Waals surface area contributed by atoms with Gasteiger partial charge in [-0.05, 0) is 0 Å². The third-order valence-electron chi connectivity index (χ3n) is 2.24. The molecule has 0 radical (unpaired) electrons. The Morgan fingerprint density at radius 2 is 1.19 bits per heavy atom. The van der Waals surface area contributed by atoms with Crippen molar-refractivity contribution in [2.24, 2.45) is 0 Å². The highest BCUT2D eigenvalue weighted by atomic mass is 19.4. The SMILES string of the molecule is COCC(F)C(F)F.FC(C(F)(F)F)C(F)(F)C(F)(F)COCC(F)(F)F. The summed E-state index contributed by atoms with van der Waals surface area (Å²) in [5.41, 5.74) is 0. The second-order valence-electron chi connectivity index (χ2n) is 4.65. The molecule has 2 nitrogen and oxygen atoms in total. The normalized spacial score (nSPS) is 16.0. The standard InChI is InChI=1S/C7H5F11O.C4H7F3O/c8-3(7(16,17)18)6(14,15)4(9,10)1-19-2-5(11,12)13;1-8-2-3(5)4(6)7/h3H,1-2H2;3-4H,2H2,1H3. The van der Waals surface area contributed by atoms with Gasteiger partial charge in [-0.1, -0.05) is 0 Å².